The number of carbonyl (C=O) groups excluding carboxylic acids is 1. The van der Waals surface area contributed by atoms with E-state index in [-0.39, 0.29) is 29.8 Å². The highest BCUT2D eigenvalue weighted by Gasteiger charge is 2.26. The van der Waals surface area contributed by atoms with Crippen molar-refractivity contribution < 1.29 is 28.6 Å². The molecule has 202 valence electrons. The minimum absolute atomic E-state index is 0.00814. The Kier molecular flexibility index (Phi) is 10.5. The molecule has 10 heteroatoms. The number of carboxylic acids is 1. The van der Waals surface area contributed by atoms with Gasteiger partial charge in [0.1, 0.15) is 5.82 Å². The average molecular weight is 536 g/mol. The van der Waals surface area contributed by atoms with Crippen LogP contribution in [0.4, 0.5) is 26.2 Å². The van der Waals surface area contributed by atoms with Gasteiger partial charge in [0, 0.05) is 43.9 Å². The quantitative estimate of drug-likeness (QED) is 0.328. The van der Waals surface area contributed by atoms with Crippen molar-refractivity contribution in [2.45, 2.75) is 45.1 Å². The van der Waals surface area contributed by atoms with Crippen molar-refractivity contribution in [2.24, 2.45) is 5.92 Å². The predicted octanol–water partition coefficient (Wildman–Crippen LogP) is 5.97. The minimum atomic E-state index is -0.944. The summed E-state index contributed by atoms with van der Waals surface area (Å²) in [5.41, 5.74) is 2.02. The highest BCUT2D eigenvalue weighted by Crippen LogP contribution is 2.35. The van der Waals surface area contributed by atoms with E-state index < -0.39 is 23.7 Å². The summed E-state index contributed by atoms with van der Waals surface area (Å²) in [7, 11) is 1.52. The number of benzene rings is 2. The lowest BCUT2D eigenvalue weighted by Crippen LogP contribution is -2.42. The van der Waals surface area contributed by atoms with Crippen molar-refractivity contribution in [1.29, 1.82) is 0 Å². The van der Waals surface area contributed by atoms with Gasteiger partial charge < -0.3 is 30.1 Å². The highest BCUT2D eigenvalue weighted by molar-refractivity contribution is 6.30. The maximum absolute atomic E-state index is 14.3. The number of carbonyl (C=O) groups is 2. The van der Waals surface area contributed by atoms with Gasteiger partial charge in [0.2, 0.25) is 0 Å². The Balaban J connectivity index is 1.99. The van der Waals surface area contributed by atoms with Crippen molar-refractivity contribution in [3.63, 3.8) is 0 Å². The first-order valence-electron chi connectivity index (χ1n) is 12.4. The van der Waals surface area contributed by atoms with E-state index in [0.29, 0.717) is 24.8 Å². The molecule has 0 radical (unpaired) electrons. The zero-order valence-corrected chi connectivity index (χ0v) is 22.2. The zero-order chi connectivity index (χ0) is 26.9. The molecule has 3 N–H and O–H groups in total. The molecule has 37 heavy (non-hydrogen) atoms. The number of hydrogen-bond acceptors (Lipinski definition) is 5. The number of hydrogen-bond donors (Lipinski definition) is 3. The van der Waals surface area contributed by atoms with Crippen LogP contribution in [0.2, 0.25) is 5.02 Å². The maximum Gasteiger partial charge on any atom is 0.323 e. The van der Waals surface area contributed by atoms with Gasteiger partial charge in [-0.15, -0.1) is 0 Å². The molecule has 0 aliphatic carbocycles. The Morgan fingerprint density at radius 3 is 2.49 bits per heavy atom. The van der Waals surface area contributed by atoms with Crippen molar-refractivity contribution in [3.8, 4) is 0 Å². The summed E-state index contributed by atoms with van der Waals surface area (Å²) in [5.74, 6) is -1.65. The molecule has 0 spiro atoms. The van der Waals surface area contributed by atoms with Gasteiger partial charge in [-0.05, 0) is 54.7 Å². The number of nitrogens with one attached hydrogen (secondary N) is 2. The van der Waals surface area contributed by atoms with Crippen LogP contribution in [0.15, 0.2) is 36.4 Å². The van der Waals surface area contributed by atoms with Gasteiger partial charge in [-0.1, -0.05) is 31.5 Å². The number of carboxylic acid groups (broad SMARTS) is 1. The number of aliphatic carboxylic acids is 1. The molecule has 8 nitrogen and oxygen atoms in total. The van der Waals surface area contributed by atoms with Crippen LogP contribution in [0.25, 0.3) is 0 Å². The van der Waals surface area contributed by atoms with Gasteiger partial charge in [0.05, 0.1) is 30.1 Å². The summed E-state index contributed by atoms with van der Waals surface area (Å²) in [6, 6.07) is 9.18. The van der Waals surface area contributed by atoms with E-state index in [1.165, 1.54) is 19.2 Å². The van der Waals surface area contributed by atoms with E-state index in [2.05, 4.69) is 29.4 Å². The second kappa shape index (κ2) is 13.6. The fourth-order valence-corrected chi connectivity index (χ4v) is 4.70. The second-order valence-corrected chi connectivity index (χ2v) is 10.1. The smallest absolute Gasteiger partial charge is 0.323 e. The van der Waals surface area contributed by atoms with E-state index in [9.17, 15) is 19.1 Å². The maximum atomic E-state index is 14.3. The Hall–Kier alpha value is -2.88. The number of halogens is 2. The molecule has 1 fully saturated rings. The fourth-order valence-electron chi connectivity index (χ4n) is 4.54. The Labute approximate surface area is 222 Å². The standard InChI is InChI=1S/C27H35ClFN3O5/c1-17(2)15-32(21-8-10-37-11-9-21)25-7-4-18(19(16-36-3)13-26(33)34)12-24(25)31-27(35)30-23-6-5-20(28)14-22(23)29/h4-7,12,14,17,19,21H,8-11,13,15-16H2,1-3H3,(H,33,34)(H2,30,31,35). The molecule has 0 saturated carbocycles. The summed E-state index contributed by atoms with van der Waals surface area (Å²) in [6.45, 7) is 6.54. The molecule has 0 bridgehead atoms. The summed E-state index contributed by atoms with van der Waals surface area (Å²) < 4.78 is 25.1. The van der Waals surface area contributed by atoms with Crippen molar-refractivity contribution in [1.82, 2.24) is 0 Å². The van der Waals surface area contributed by atoms with Crippen LogP contribution in [0.1, 0.15) is 44.6 Å². The van der Waals surface area contributed by atoms with Gasteiger partial charge >= 0.3 is 12.0 Å². The third-order valence-electron chi connectivity index (χ3n) is 6.21. The van der Waals surface area contributed by atoms with Crippen LogP contribution < -0.4 is 15.5 Å². The fraction of sp³-hybridized carbons (Fsp3) is 0.481. The molecule has 2 aromatic rings. The lowest BCUT2D eigenvalue weighted by Gasteiger charge is -2.38. The van der Waals surface area contributed by atoms with E-state index in [1.807, 2.05) is 12.1 Å². The summed E-state index contributed by atoms with van der Waals surface area (Å²) in [5, 5.41) is 15.0. The van der Waals surface area contributed by atoms with Crippen molar-refractivity contribution in [2.75, 3.05) is 49.0 Å². The molecular weight excluding hydrogens is 501 g/mol. The molecule has 1 aliphatic heterocycles. The monoisotopic (exact) mass is 535 g/mol. The Bertz CT molecular complexity index is 1080. The first-order valence-corrected chi connectivity index (χ1v) is 12.8. The van der Waals surface area contributed by atoms with Crippen LogP contribution >= 0.6 is 11.6 Å². The molecule has 1 atom stereocenters. The van der Waals surface area contributed by atoms with E-state index >= 15 is 0 Å². The first-order chi connectivity index (χ1) is 17.7. The third-order valence-corrected chi connectivity index (χ3v) is 6.45. The number of ether oxygens (including phenoxy) is 2. The minimum Gasteiger partial charge on any atom is -0.481 e. The average Bonchev–Trinajstić information content (AvgIpc) is 2.84. The van der Waals surface area contributed by atoms with Crippen LogP contribution in [0.5, 0.6) is 0 Å². The summed E-state index contributed by atoms with van der Waals surface area (Å²) >= 11 is 5.83. The second-order valence-electron chi connectivity index (χ2n) is 9.62. The number of nitrogens with zero attached hydrogens (tertiary/aromatic N) is 1. The van der Waals surface area contributed by atoms with E-state index in [0.717, 1.165) is 36.7 Å². The lowest BCUT2D eigenvalue weighted by atomic mass is 9.94. The third kappa shape index (κ3) is 8.31. The largest absolute Gasteiger partial charge is 0.481 e. The van der Waals surface area contributed by atoms with E-state index in [4.69, 9.17) is 21.1 Å². The molecule has 1 unspecified atom stereocenters. The van der Waals surface area contributed by atoms with Crippen LogP contribution in [-0.4, -0.2) is 56.6 Å². The topological polar surface area (TPSA) is 100 Å². The molecule has 2 amide bonds. The summed E-state index contributed by atoms with van der Waals surface area (Å²) in [6.07, 6.45) is 1.58. The van der Waals surface area contributed by atoms with Gasteiger partial charge in [0.15, 0.2) is 0 Å². The lowest BCUT2D eigenvalue weighted by molar-refractivity contribution is -0.137. The van der Waals surface area contributed by atoms with Crippen molar-refractivity contribution >= 4 is 40.7 Å². The molecule has 1 saturated heterocycles. The van der Waals surface area contributed by atoms with Crippen LogP contribution in [0.3, 0.4) is 0 Å². The zero-order valence-electron chi connectivity index (χ0n) is 21.4. The van der Waals surface area contributed by atoms with E-state index in [1.54, 1.807) is 6.07 Å². The first kappa shape index (κ1) is 28.7. The Morgan fingerprint density at radius 1 is 1.16 bits per heavy atom. The van der Waals surface area contributed by atoms with Gasteiger partial charge in [-0.2, -0.15) is 0 Å². The number of urea groups is 1. The number of rotatable bonds is 11. The number of anilines is 3. The summed E-state index contributed by atoms with van der Waals surface area (Å²) in [4.78, 5) is 26.8. The molecule has 0 aromatic heterocycles. The van der Waals surface area contributed by atoms with Crippen LogP contribution in [0, 0.1) is 11.7 Å². The molecule has 1 aliphatic rings. The molecule has 2 aromatic carbocycles. The SMILES string of the molecule is COCC(CC(=O)O)c1ccc(N(CC(C)C)C2CCOCC2)c(NC(=O)Nc2ccc(Cl)cc2F)c1. The molecule has 3 rings (SSSR count). The number of methoxy groups -OCH3 is 1. The van der Waals surface area contributed by atoms with Gasteiger partial charge in [0.25, 0.3) is 0 Å². The van der Waals surface area contributed by atoms with Crippen molar-refractivity contribution in [3.05, 3.63) is 52.8 Å². The van der Waals surface area contributed by atoms with Crippen LogP contribution in [-0.2, 0) is 14.3 Å². The highest BCUT2D eigenvalue weighted by atomic mass is 35.5. The Morgan fingerprint density at radius 2 is 1.86 bits per heavy atom. The molecular formula is C27H35ClFN3O5. The predicted molar refractivity (Wildman–Crippen MR) is 143 cm³/mol. The molecule has 1 heterocycles. The van der Waals surface area contributed by atoms with Gasteiger partial charge in [-0.3, -0.25) is 4.79 Å². The van der Waals surface area contributed by atoms with Gasteiger partial charge in [-0.25, -0.2) is 9.18 Å². The number of amides is 2. The normalized spacial score (nSPS) is 14.9.